The van der Waals surface area contributed by atoms with Gasteiger partial charge in [-0.3, -0.25) is 0 Å². The molecule has 11 N–H and O–H groups in total. The number of hydrogen-bond acceptors (Lipinski definition) is 19. The SMILES string of the molecule is C[C@@H]1O[C@@H](OC[C@H]2O[C@@H](OCCc3ccc(O)c(O)c3)[C@H](O)[C@H](O[C@@H]3O[C@@H](C)[C@H](O)[C@@H](O)[C@@H]3O)[C@@H]2OC(=O)C=Cc2ccc(O)c(O)c2)[C@@H](O)[C@H](O)[C@H]1O. The summed E-state index contributed by atoms with van der Waals surface area (Å²) < 4.78 is 40.4. The molecule has 3 heterocycles. The van der Waals surface area contributed by atoms with Gasteiger partial charge >= 0.3 is 5.97 Å². The Morgan fingerprint density at radius 3 is 1.85 bits per heavy atom. The molecule has 2 aromatic rings. The maximum atomic E-state index is 13.3. The van der Waals surface area contributed by atoms with Crippen LogP contribution in [-0.4, -0.2) is 167 Å². The van der Waals surface area contributed by atoms with E-state index in [0.29, 0.717) is 5.56 Å². The van der Waals surface area contributed by atoms with Crippen molar-refractivity contribution in [3.8, 4) is 23.0 Å². The highest BCUT2D eigenvalue weighted by Crippen LogP contribution is 2.33. The van der Waals surface area contributed by atoms with Crippen molar-refractivity contribution in [2.45, 2.75) is 112 Å². The average Bonchev–Trinajstić information content (AvgIpc) is 3.14. The highest BCUT2D eigenvalue weighted by molar-refractivity contribution is 5.87. The molecule has 0 aromatic heterocycles. The third kappa shape index (κ3) is 9.58. The fourth-order valence-corrected chi connectivity index (χ4v) is 6.08. The van der Waals surface area contributed by atoms with Crippen molar-refractivity contribution >= 4 is 12.0 Å². The highest BCUT2D eigenvalue weighted by Gasteiger charge is 2.53. The van der Waals surface area contributed by atoms with E-state index >= 15 is 0 Å². The van der Waals surface area contributed by atoms with Gasteiger partial charge in [-0.15, -0.1) is 0 Å². The molecule has 0 amide bonds. The lowest BCUT2D eigenvalue weighted by molar-refractivity contribution is -0.363. The van der Waals surface area contributed by atoms with Gasteiger partial charge < -0.3 is 89.3 Å². The number of phenolic OH excluding ortho intramolecular Hbond substituents is 4. The summed E-state index contributed by atoms with van der Waals surface area (Å²) in [6, 6.07) is 7.83. The van der Waals surface area contributed by atoms with Crippen LogP contribution in [0.25, 0.3) is 6.08 Å². The molecule has 3 aliphatic rings. The first kappa shape index (κ1) is 41.5. The molecule has 3 fully saturated rings. The Labute approximate surface area is 308 Å². The van der Waals surface area contributed by atoms with Crippen molar-refractivity contribution < 1.29 is 94.1 Å². The van der Waals surface area contributed by atoms with Gasteiger partial charge in [0.15, 0.2) is 48.0 Å². The van der Waals surface area contributed by atoms with Gasteiger partial charge in [0.25, 0.3) is 0 Å². The van der Waals surface area contributed by atoms with Crippen molar-refractivity contribution in [2.75, 3.05) is 13.2 Å². The van der Waals surface area contributed by atoms with Crippen molar-refractivity contribution in [3.05, 3.63) is 53.6 Å². The third-order valence-electron chi connectivity index (χ3n) is 9.32. The third-order valence-corrected chi connectivity index (χ3v) is 9.32. The zero-order valence-electron chi connectivity index (χ0n) is 29.1. The van der Waals surface area contributed by atoms with Crippen LogP contribution in [-0.2, 0) is 44.4 Å². The Hall–Kier alpha value is -3.67. The van der Waals surface area contributed by atoms with E-state index < -0.39 is 116 Å². The van der Waals surface area contributed by atoms with E-state index in [4.69, 9.17) is 33.2 Å². The van der Waals surface area contributed by atoms with Gasteiger partial charge in [0, 0.05) is 6.08 Å². The molecule has 0 aliphatic carbocycles. The van der Waals surface area contributed by atoms with Crippen LogP contribution in [0.4, 0.5) is 0 Å². The van der Waals surface area contributed by atoms with Crippen LogP contribution >= 0.6 is 0 Å². The summed E-state index contributed by atoms with van der Waals surface area (Å²) in [4.78, 5) is 13.3. The Kier molecular flexibility index (Phi) is 13.7. The first-order valence-electron chi connectivity index (χ1n) is 17.1. The van der Waals surface area contributed by atoms with Crippen molar-refractivity contribution in [3.63, 3.8) is 0 Å². The molecular formula is C35H46O19. The van der Waals surface area contributed by atoms with Crippen molar-refractivity contribution in [1.82, 2.24) is 0 Å². The number of rotatable bonds is 12. The Balaban J connectivity index is 1.43. The second kappa shape index (κ2) is 17.9. The van der Waals surface area contributed by atoms with E-state index in [-0.39, 0.29) is 30.1 Å². The van der Waals surface area contributed by atoms with Gasteiger partial charge in [-0.05, 0) is 61.7 Å². The fourth-order valence-electron chi connectivity index (χ4n) is 6.08. The van der Waals surface area contributed by atoms with Crippen LogP contribution in [0.2, 0.25) is 0 Å². The fraction of sp³-hybridized carbons (Fsp3) is 0.571. The van der Waals surface area contributed by atoms with Crippen LogP contribution in [0.3, 0.4) is 0 Å². The number of aliphatic hydroxyl groups is 7. The van der Waals surface area contributed by atoms with Gasteiger partial charge in [0.1, 0.15) is 54.9 Å². The number of aliphatic hydroxyl groups excluding tert-OH is 7. The molecule has 5 rings (SSSR count). The molecule has 300 valence electrons. The van der Waals surface area contributed by atoms with Crippen LogP contribution in [0.5, 0.6) is 23.0 Å². The van der Waals surface area contributed by atoms with Crippen LogP contribution in [0, 0.1) is 0 Å². The molecule has 0 bridgehead atoms. The predicted octanol–water partition coefficient (Wildman–Crippen LogP) is -2.16. The first-order chi connectivity index (χ1) is 25.5. The molecule has 3 saturated heterocycles. The second-order valence-electron chi connectivity index (χ2n) is 13.3. The minimum absolute atomic E-state index is 0.134. The number of carbonyl (C=O) groups is 1. The van der Waals surface area contributed by atoms with Gasteiger partial charge in [-0.1, -0.05) is 12.1 Å². The normalized spacial score (nSPS) is 37.3. The minimum atomic E-state index is -1.86. The van der Waals surface area contributed by atoms with E-state index in [1.54, 1.807) is 0 Å². The molecule has 54 heavy (non-hydrogen) atoms. The van der Waals surface area contributed by atoms with Crippen LogP contribution in [0.1, 0.15) is 25.0 Å². The quantitative estimate of drug-likeness (QED) is 0.0622. The summed E-state index contributed by atoms with van der Waals surface area (Å²) in [6.45, 7) is 2.06. The van der Waals surface area contributed by atoms with Crippen LogP contribution < -0.4 is 0 Å². The Morgan fingerprint density at radius 2 is 1.22 bits per heavy atom. The van der Waals surface area contributed by atoms with E-state index in [2.05, 4.69) is 0 Å². The maximum Gasteiger partial charge on any atom is 0.331 e. The predicted molar refractivity (Wildman–Crippen MR) is 178 cm³/mol. The number of carbonyl (C=O) groups excluding carboxylic acids is 1. The summed E-state index contributed by atoms with van der Waals surface area (Å²) in [5, 5.41) is 113. The summed E-state index contributed by atoms with van der Waals surface area (Å²) in [7, 11) is 0. The van der Waals surface area contributed by atoms with Crippen LogP contribution in [0.15, 0.2) is 42.5 Å². The standard InChI is InChI=1S/C35H46O19/c1-14-24(41)26(43)28(45)33(50-14)49-13-22-31(53-23(40)8-5-16-3-6-18(36)20(38)11-16)32(54-35-29(46)27(44)25(42)15(2)51-35)30(47)34(52-22)48-10-9-17-4-7-19(37)21(39)12-17/h3-8,11-12,14-15,22,24-39,41-47H,9-10,13H2,1-2H3/t14-,15-,22+,24-,25-,26+,27+,28-,29-,30+,31+,32-,33+,34+,35-/m0/s1. The van der Waals surface area contributed by atoms with E-state index in [1.165, 1.54) is 56.3 Å². The summed E-state index contributed by atoms with van der Waals surface area (Å²) in [5.74, 6) is -2.62. The van der Waals surface area contributed by atoms with Crippen molar-refractivity contribution in [2.24, 2.45) is 0 Å². The zero-order chi connectivity index (χ0) is 39.4. The number of ether oxygens (including phenoxy) is 7. The first-order valence-corrected chi connectivity index (χ1v) is 17.1. The van der Waals surface area contributed by atoms with Crippen molar-refractivity contribution in [1.29, 1.82) is 0 Å². The Morgan fingerprint density at radius 1 is 0.648 bits per heavy atom. The van der Waals surface area contributed by atoms with E-state index in [0.717, 1.165) is 6.08 Å². The van der Waals surface area contributed by atoms with Gasteiger partial charge in [0.2, 0.25) is 0 Å². The summed E-state index contributed by atoms with van der Waals surface area (Å²) in [5.41, 5.74) is 0.811. The summed E-state index contributed by atoms with van der Waals surface area (Å²) in [6.07, 6.45) is -21.1. The maximum absolute atomic E-state index is 13.3. The molecule has 2 aromatic carbocycles. The molecule has 0 unspecified atom stereocenters. The van der Waals surface area contributed by atoms with E-state index in [9.17, 15) is 61.0 Å². The molecule has 19 nitrogen and oxygen atoms in total. The summed E-state index contributed by atoms with van der Waals surface area (Å²) >= 11 is 0. The largest absolute Gasteiger partial charge is 0.504 e. The average molecular weight is 771 g/mol. The van der Waals surface area contributed by atoms with Gasteiger partial charge in [0.05, 0.1) is 25.4 Å². The molecule has 0 spiro atoms. The number of aromatic hydroxyl groups is 4. The lowest BCUT2D eigenvalue weighted by Crippen LogP contribution is -2.65. The zero-order valence-corrected chi connectivity index (χ0v) is 29.1. The molecule has 3 aliphatic heterocycles. The number of hydrogen-bond donors (Lipinski definition) is 11. The van der Waals surface area contributed by atoms with Gasteiger partial charge in [-0.2, -0.15) is 0 Å². The second-order valence-corrected chi connectivity index (χ2v) is 13.3. The minimum Gasteiger partial charge on any atom is -0.504 e. The molecule has 19 heteroatoms. The molecular weight excluding hydrogens is 724 g/mol. The molecule has 15 atom stereocenters. The highest BCUT2D eigenvalue weighted by atomic mass is 16.8. The Bertz CT molecular complexity index is 1590. The molecule has 0 radical (unpaired) electrons. The lowest BCUT2D eigenvalue weighted by atomic mass is 9.96. The lowest BCUT2D eigenvalue weighted by Gasteiger charge is -2.47. The smallest absolute Gasteiger partial charge is 0.331 e. The number of esters is 1. The number of benzene rings is 2. The monoisotopic (exact) mass is 770 g/mol. The number of phenols is 4. The van der Waals surface area contributed by atoms with E-state index in [1.807, 2.05) is 0 Å². The molecule has 0 saturated carbocycles. The topological polar surface area (TPSA) is 304 Å². The van der Waals surface area contributed by atoms with Gasteiger partial charge in [-0.25, -0.2) is 4.79 Å².